The SMILES string of the molecule is CC(=O)OC12CC(C)CC1(c1ccccc1C)CCN(CC1CC1)C2C. The van der Waals surface area contributed by atoms with Crippen LogP contribution in [-0.2, 0) is 14.9 Å². The van der Waals surface area contributed by atoms with E-state index in [1.807, 2.05) is 0 Å². The highest BCUT2D eigenvalue weighted by molar-refractivity contribution is 5.67. The zero-order valence-electron chi connectivity index (χ0n) is 16.8. The number of nitrogens with zero attached hydrogens (tertiary/aromatic N) is 1. The van der Waals surface area contributed by atoms with Crippen LogP contribution in [0.15, 0.2) is 24.3 Å². The topological polar surface area (TPSA) is 29.5 Å². The zero-order valence-corrected chi connectivity index (χ0v) is 16.8. The first kappa shape index (κ1) is 18.0. The van der Waals surface area contributed by atoms with Crippen LogP contribution in [0.25, 0.3) is 0 Å². The number of ether oxygens (including phenoxy) is 1. The molecule has 2 aliphatic carbocycles. The third-order valence-electron chi connectivity index (χ3n) is 7.38. The van der Waals surface area contributed by atoms with Gasteiger partial charge < -0.3 is 4.74 Å². The van der Waals surface area contributed by atoms with Crippen molar-refractivity contribution in [3.63, 3.8) is 0 Å². The van der Waals surface area contributed by atoms with Crippen LogP contribution in [0.4, 0.5) is 0 Å². The first-order chi connectivity index (χ1) is 12.4. The van der Waals surface area contributed by atoms with Crippen LogP contribution in [-0.4, -0.2) is 35.6 Å². The summed E-state index contributed by atoms with van der Waals surface area (Å²) in [5.41, 5.74) is 2.28. The molecule has 3 fully saturated rings. The molecule has 1 aromatic carbocycles. The summed E-state index contributed by atoms with van der Waals surface area (Å²) in [5, 5.41) is 0. The molecular weight excluding hydrogens is 322 g/mol. The number of aryl methyl sites for hydroxylation is 1. The fourth-order valence-corrected chi connectivity index (χ4v) is 6.20. The number of likely N-dealkylation sites (tertiary alicyclic amines) is 1. The molecular formula is C23H33NO2. The van der Waals surface area contributed by atoms with Crippen LogP contribution in [0.1, 0.15) is 64.0 Å². The minimum absolute atomic E-state index is 0.0527. The highest BCUT2D eigenvalue weighted by Gasteiger charge is 2.66. The predicted octanol–water partition coefficient (Wildman–Crippen LogP) is 4.47. The van der Waals surface area contributed by atoms with E-state index in [2.05, 4.69) is 49.9 Å². The summed E-state index contributed by atoms with van der Waals surface area (Å²) in [5.74, 6) is 1.30. The zero-order chi connectivity index (χ0) is 18.5. The Hall–Kier alpha value is -1.35. The number of rotatable bonds is 4. The van der Waals surface area contributed by atoms with Crippen LogP contribution >= 0.6 is 0 Å². The third-order valence-corrected chi connectivity index (χ3v) is 7.38. The molecule has 4 unspecified atom stereocenters. The number of piperidine rings is 1. The molecule has 0 bridgehead atoms. The standard InChI is InChI=1S/C23H33NO2/c1-16-13-22(21-8-6-5-7-17(21)2)11-12-24(15-20-9-10-20)18(3)23(22,14-16)26-19(4)25/h5-8,16,18,20H,9-15H2,1-4H3. The average Bonchev–Trinajstić information content (AvgIpc) is 3.34. The quantitative estimate of drug-likeness (QED) is 0.747. The van der Waals surface area contributed by atoms with Gasteiger partial charge in [0.25, 0.3) is 0 Å². The molecule has 2 saturated carbocycles. The molecule has 0 spiro atoms. The van der Waals surface area contributed by atoms with Crippen LogP contribution in [0, 0.1) is 18.8 Å². The molecule has 0 aromatic heterocycles. The monoisotopic (exact) mass is 355 g/mol. The molecule has 26 heavy (non-hydrogen) atoms. The molecule has 3 aliphatic rings. The van der Waals surface area contributed by atoms with Crippen molar-refractivity contribution < 1.29 is 9.53 Å². The van der Waals surface area contributed by atoms with Crippen molar-refractivity contribution in [2.24, 2.45) is 11.8 Å². The van der Waals surface area contributed by atoms with Gasteiger partial charge >= 0.3 is 5.97 Å². The van der Waals surface area contributed by atoms with E-state index in [0.717, 1.165) is 31.7 Å². The van der Waals surface area contributed by atoms with Gasteiger partial charge in [0.1, 0.15) is 5.60 Å². The molecule has 0 radical (unpaired) electrons. The largest absolute Gasteiger partial charge is 0.457 e. The normalized spacial score (nSPS) is 37.4. The summed E-state index contributed by atoms with van der Waals surface area (Å²) < 4.78 is 6.35. The number of carbonyl (C=O) groups is 1. The lowest BCUT2D eigenvalue weighted by molar-refractivity contribution is -0.184. The highest BCUT2D eigenvalue weighted by atomic mass is 16.6. The molecule has 1 saturated heterocycles. The Morgan fingerprint density at radius 3 is 2.62 bits per heavy atom. The van der Waals surface area contributed by atoms with Crippen LogP contribution < -0.4 is 0 Å². The summed E-state index contributed by atoms with van der Waals surface area (Å²) in [6.45, 7) is 10.7. The van der Waals surface area contributed by atoms with E-state index in [1.54, 1.807) is 6.92 Å². The smallest absolute Gasteiger partial charge is 0.303 e. The lowest BCUT2D eigenvalue weighted by Gasteiger charge is -2.56. The van der Waals surface area contributed by atoms with Gasteiger partial charge in [-0.25, -0.2) is 0 Å². The minimum atomic E-state index is -0.405. The Morgan fingerprint density at radius 2 is 1.96 bits per heavy atom. The molecule has 0 amide bonds. The molecule has 1 aromatic rings. The minimum Gasteiger partial charge on any atom is -0.457 e. The summed E-state index contributed by atoms with van der Waals surface area (Å²) in [6.07, 6.45) is 5.91. The summed E-state index contributed by atoms with van der Waals surface area (Å²) >= 11 is 0. The van der Waals surface area contributed by atoms with Crippen molar-refractivity contribution in [2.45, 2.75) is 76.9 Å². The second-order valence-electron chi connectivity index (χ2n) is 9.26. The predicted molar refractivity (Wildman–Crippen MR) is 104 cm³/mol. The third kappa shape index (κ3) is 2.70. The van der Waals surface area contributed by atoms with E-state index >= 15 is 0 Å². The van der Waals surface area contributed by atoms with Gasteiger partial charge in [0.2, 0.25) is 0 Å². The maximum absolute atomic E-state index is 12.3. The average molecular weight is 356 g/mol. The number of hydrogen-bond donors (Lipinski definition) is 0. The van der Waals surface area contributed by atoms with Crippen molar-refractivity contribution in [1.29, 1.82) is 0 Å². The second-order valence-corrected chi connectivity index (χ2v) is 9.26. The van der Waals surface area contributed by atoms with Gasteiger partial charge in [0.15, 0.2) is 0 Å². The molecule has 3 heteroatoms. The van der Waals surface area contributed by atoms with Crippen molar-refractivity contribution in [3.05, 3.63) is 35.4 Å². The number of hydrogen-bond acceptors (Lipinski definition) is 3. The maximum Gasteiger partial charge on any atom is 0.303 e. The Bertz CT molecular complexity index is 697. The lowest BCUT2D eigenvalue weighted by atomic mass is 9.61. The molecule has 142 valence electrons. The van der Waals surface area contributed by atoms with Gasteiger partial charge in [-0.05, 0) is 75.5 Å². The van der Waals surface area contributed by atoms with Crippen molar-refractivity contribution in [2.75, 3.05) is 13.1 Å². The van der Waals surface area contributed by atoms with E-state index in [4.69, 9.17) is 4.74 Å². The van der Waals surface area contributed by atoms with Crippen molar-refractivity contribution >= 4 is 5.97 Å². The van der Waals surface area contributed by atoms with Gasteiger partial charge in [-0.2, -0.15) is 0 Å². The number of fused-ring (bicyclic) bond motifs is 1. The number of carbonyl (C=O) groups excluding carboxylic acids is 1. The molecule has 1 aliphatic heterocycles. The Morgan fingerprint density at radius 1 is 1.23 bits per heavy atom. The summed E-state index contributed by atoms with van der Waals surface area (Å²) in [6, 6.07) is 9.04. The molecule has 0 N–H and O–H groups in total. The van der Waals surface area contributed by atoms with E-state index in [1.165, 1.54) is 30.5 Å². The molecule has 1 heterocycles. The fraction of sp³-hybridized carbons (Fsp3) is 0.696. The van der Waals surface area contributed by atoms with Gasteiger partial charge in [-0.3, -0.25) is 9.69 Å². The van der Waals surface area contributed by atoms with E-state index in [0.29, 0.717) is 5.92 Å². The van der Waals surface area contributed by atoms with E-state index in [9.17, 15) is 4.79 Å². The second kappa shape index (κ2) is 6.37. The Labute approximate surface area is 158 Å². The maximum atomic E-state index is 12.3. The van der Waals surface area contributed by atoms with Crippen molar-refractivity contribution in [3.8, 4) is 0 Å². The van der Waals surface area contributed by atoms with Crippen LogP contribution in [0.2, 0.25) is 0 Å². The highest BCUT2D eigenvalue weighted by Crippen LogP contribution is 2.60. The molecule has 3 nitrogen and oxygen atoms in total. The van der Waals surface area contributed by atoms with E-state index in [-0.39, 0.29) is 17.4 Å². The van der Waals surface area contributed by atoms with Gasteiger partial charge in [-0.1, -0.05) is 31.2 Å². The van der Waals surface area contributed by atoms with Gasteiger partial charge in [0, 0.05) is 24.9 Å². The van der Waals surface area contributed by atoms with Gasteiger partial charge in [0.05, 0.1) is 0 Å². The Kier molecular flexibility index (Phi) is 4.42. The first-order valence-corrected chi connectivity index (χ1v) is 10.4. The Balaban J connectivity index is 1.82. The van der Waals surface area contributed by atoms with Crippen LogP contribution in [0.5, 0.6) is 0 Å². The number of benzene rings is 1. The summed E-state index contributed by atoms with van der Waals surface area (Å²) in [7, 11) is 0. The van der Waals surface area contributed by atoms with Crippen molar-refractivity contribution in [1.82, 2.24) is 4.90 Å². The number of esters is 1. The lowest BCUT2D eigenvalue weighted by Crippen LogP contribution is -2.67. The molecule has 4 rings (SSSR count). The van der Waals surface area contributed by atoms with Gasteiger partial charge in [-0.15, -0.1) is 0 Å². The van der Waals surface area contributed by atoms with Crippen LogP contribution in [0.3, 0.4) is 0 Å². The first-order valence-electron chi connectivity index (χ1n) is 10.4. The fourth-order valence-electron chi connectivity index (χ4n) is 6.20. The summed E-state index contributed by atoms with van der Waals surface area (Å²) in [4.78, 5) is 14.9. The van der Waals surface area contributed by atoms with E-state index < -0.39 is 5.60 Å². The molecule has 4 atom stereocenters.